The number of anilines is 1. The lowest BCUT2D eigenvalue weighted by Gasteiger charge is -2.33. The minimum Gasteiger partial charge on any atom is -0.377 e. The van der Waals surface area contributed by atoms with Gasteiger partial charge >= 0.3 is 0 Å². The van der Waals surface area contributed by atoms with Gasteiger partial charge in [0, 0.05) is 31.5 Å². The monoisotopic (exact) mass is 511 g/mol. The van der Waals surface area contributed by atoms with Crippen molar-refractivity contribution in [2.45, 2.75) is 82.6 Å². The molecule has 202 valence electrons. The maximum atomic E-state index is 13.8. The number of hydrogen-bond donors (Lipinski definition) is 1. The van der Waals surface area contributed by atoms with Crippen molar-refractivity contribution in [3.05, 3.63) is 29.8 Å². The van der Waals surface area contributed by atoms with Gasteiger partial charge in [-0.3, -0.25) is 14.4 Å². The highest BCUT2D eigenvalue weighted by Gasteiger charge is 2.54. The van der Waals surface area contributed by atoms with Crippen molar-refractivity contribution in [1.82, 2.24) is 10.2 Å². The number of hydrogen-bond acceptors (Lipinski definition) is 6. The number of piperidine rings is 1. The molecule has 3 saturated heterocycles. The fourth-order valence-corrected chi connectivity index (χ4v) is 6.83. The number of amides is 2. The van der Waals surface area contributed by atoms with Crippen molar-refractivity contribution in [2.75, 3.05) is 38.3 Å². The van der Waals surface area contributed by atoms with E-state index in [4.69, 9.17) is 9.47 Å². The highest BCUT2D eigenvalue weighted by molar-refractivity contribution is 5.99. The van der Waals surface area contributed by atoms with Crippen molar-refractivity contribution in [2.24, 2.45) is 11.8 Å². The van der Waals surface area contributed by atoms with Crippen LogP contribution < -0.4 is 10.2 Å². The SMILES string of the molecule is CCCC1CCN(c2ccc(C(=O)N[C@H](C(=O)N3C[C@H](OC)[C@H]4OCC(=O)[C@H]43)C3CCCC3)cc2)CC1. The predicted octanol–water partition coefficient (Wildman–Crippen LogP) is 3.19. The third-order valence-corrected chi connectivity index (χ3v) is 8.95. The lowest BCUT2D eigenvalue weighted by molar-refractivity contribution is -0.139. The first kappa shape index (κ1) is 26.2. The Bertz CT molecular complexity index is 968. The van der Waals surface area contributed by atoms with Crippen LogP contribution in [0.1, 0.15) is 68.6 Å². The van der Waals surface area contributed by atoms with E-state index < -0.39 is 18.2 Å². The average Bonchev–Trinajstić information content (AvgIpc) is 3.67. The molecule has 4 atom stereocenters. The number of methoxy groups -OCH3 is 1. The molecule has 1 aliphatic carbocycles. The van der Waals surface area contributed by atoms with E-state index in [1.54, 1.807) is 12.0 Å². The fraction of sp³-hybridized carbons (Fsp3) is 0.690. The molecule has 3 aliphatic heterocycles. The Balaban J connectivity index is 1.27. The zero-order valence-corrected chi connectivity index (χ0v) is 22.2. The highest BCUT2D eigenvalue weighted by Crippen LogP contribution is 2.34. The average molecular weight is 512 g/mol. The minimum absolute atomic E-state index is 0.00204. The number of ether oxygens (including phenoxy) is 2. The number of nitrogens with one attached hydrogen (secondary N) is 1. The number of Topliss-reactive ketones (excluding diaryl/α,β-unsaturated/α-hetero) is 1. The zero-order valence-electron chi connectivity index (χ0n) is 22.2. The lowest BCUT2D eigenvalue weighted by Crippen LogP contribution is -2.54. The molecule has 4 fully saturated rings. The second-order valence-electron chi connectivity index (χ2n) is 11.2. The summed E-state index contributed by atoms with van der Waals surface area (Å²) in [7, 11) is 1.58. The van der Waals surface area contributed by atoms with Gasteiger partial charge in [0.1, 0.15) is 30.9 Å². The number of rotatable bonds is 8. The van der Waals surface area contributed by atoms with E-state index in [0.29, 0.717) is 12.1 Å². The molecule has 5 rings (SSSR count). The van der Waals surface area contributed by atoms with E-state index in [1.165, 1.54) is 25.7 Å². The standard InChI is InChI=1S/C29H41N3O5/c1-3-6-19-13-15-31(16-14-19)22-11-9-21(10-12-22)28(34)30-25(20-7-4-5-8-20)29(35)32-17-24(36-2)27-26(32)23(33)18-37-27/h9-12,19-20,24-27H,3-8,13-18H2,1-2H3,(H,30,34)/t24-,25-,26+,27+/m0/s1. The quantitative estimate of drug-likeness (QED) is 0.577. The number of benzene rings is 1. The van der Waals surface area contributed by atoms with Gasteiger partial charge in [-0.15, -0.1) is 0 Å². The van der Waals surface area contributed by atoms with Crippen molar-refractivity contribution < 1.29 is 23.9 Å². The molecule has 1 saturated carbocycles. The first-order chi connectivity index (χ1) is 18.0. The molecule has 1 N–H and O–H groups in total. The van der Waals surface area contributed by atoms with Crippen molar-refractivity contribution in [1.29, 1.82) is 0 Å². The predicted molar refractivity (Wildman–Crippen MR) is 141 cm³/mol. The Kier molecular flexibility index (Phi) is 8.15. The summed E-state index contributed by atoms with van der Waals surface area (Å²) < 4.78 is 11.2. The summed E-state index contributed by atoms with van der Waals surface area (Å²) in [4.78, 5) is 43.7. The number of carbonyl (C=O) groups is 3. The summed E-state index contributed by atoms with van der Waals surface area (Å²) in [6, 6.07) is 6.48. The fourth-order valence-electron chi connectivity index (χ4n) is 6.83. The third-order valence-electron chi connectivity index (χ3n) is 8.95. The minimum atomic E-state index is -0.656. The Labute approximate surface area is 220 Å². The van der Waals surface area contributed by atoms with Crippen molar-refractivity contribution >= 4 is 23.3 Å². The van der Waals surface area contributed by atoms with Crippen LogP contribution in [0.2, 0.25) is 0 Å². The zero-order chi connectivity index (χ0) is 25.9. The van der Waals surface area contributed by atoms with Gasteiger partial charge in [-0.05, 0) is 61.8 Å². The van der Waals surface area contributed by atoms with Crippen LogP contribution in [0.25, 0.3) is 0 Å². The van der Waals surface area contributed by atoms with Gasteiger partial charge in [-0.25, -0.2) is 0 Å². The van der Waals surface area contributed by atoms with Crippen molar-refractivity contribution in [3.8, 4) is 0 Å². The molecular formula is C29H41N3O5. The lowest BCUT2D eigenvalue weighted by atomic mass is 9.92. The molecular weight excluding hydrogens is 470 g/mol. The van der Waals surface area contributed by atoms with Crippen LogP contribution >= 0.6 is 0 Å². The van der Waals surface area contributed by atoms with E-state index in [1.807, 2.05) is 24.3 Å². The molecule has 0 aromatic heterocycles. The summed E-state index contributed by atoms with van der Waals surface area (Å²) in [5.41, 5.74) is 1.69. The summed E-state index contributed by atoms with van der Waals surface area (Å²) in [5, 5.41) is 3.06. The molecule has 2 amide bonds. The Morgan fingerprint density at radius 2 is 1.81 bits per heavy atom. The van der Waals surface area contributed by atoms with Gasteiger partial charge in [-0.2, -0.15) is 0 Å². The topological polar surface area (TPSA) is 88.2 Å². The molecule has 0 unspecified atom stereocenters. The summed E-state index contributed by atoms with van der Waals surface area (Å²) in [5.74, 6) is 0.362. The first-order valence-electron chi connectivity index (χ1n) is 14.1. The number of likely N-dealkylation sites (tertiary alicyclic amines) is 1. The maximum absolute atomic E-state index is 13.8. The molecule has 1 aromatic rings. The largest absolute Gasteiger partial charge is 0.377 e. The van der Waals surface area contributed by atoms with Gasteiger partial charge in [0.15, 0.2) is 5.78 Å². The van der Waals surface area contributed by atoms with E-state index >= 15 is 0 Å². The second kappa shape index (κ2) is 11.5. The van der Waals surface area contributed by atoms with Gasteiger partial charge in [0.05, 0.1) is 6.54 Å². The summed E-state index contributed by atoms with van der Waals surface area (Å²) in [6.07, 6.45) is 8.10. The molecule has 8 heteroatoms. The van der Waals surface area contributed by atoms with Crippen LogP contribution in [0.5, 0.6) is 0 Å². The number of fused-ring (bicyclic) bond motifs is 1. The molecule has 8 nitrogen and oxygen atoms in total. The van der Waals surface area contributed by atoms with Gasteiger partial charge < -0.3 is 24.6 Å². The normalized spacial score (nSPS) is 27.5. The number of nitrogens with zero attached hydrogens (tertiary/aromatic N) is 2. The molecule has 1 aromatic carbocycles. The Morgan fingerprint density at radius 1 is 1.11 bits per heavy atom. The maximum Gasteiger partial charge on any atom is 0.251 e. The number of carbonyl (C=O) groups excluding carboxylic acids is 3. The van der Waals surface area contributed by atoms with E-state index in [9.17, 15) is 14.4 Å². The molecule has 3 heterocycles. The summed E-state index contributed by atoms with van der Waals surface area (Å²) >= 11 is 0. The molecule has 37 heavy (non-hydrogen) atoms. The van der Waals surface area contributed by atoms with Crippen LogP contribution in [0, 0.1) is 11.8 Å². The molecule has 4 aliphatic rings. The van der Waals surface area contributed by atoms with E-state index in [2.05, 4.69) is 17.1 Å². The Hall–Kier alpha value is -2.45. The summed E-state index contributed by atoms with van der Waals surface area (Å²) in [6.45, 7) is 4.66. The van der Waals surface area contributed by atoms with Crippen LogP contribution in [0.3, 0.4) is 0 Å². The van der Waals surface area contributed by atoms with Crippen molar-refractivity contribution in [3.63, 3.8) is 0 Å². The van der Waals surface area contributed by atoms with Gasteiger partial charge in [0.25, 0.3) is 5.91 Å². The molecule has 0 bridgehead atoms. The van der Waals surface area contributed by atoms with Gasteiger partial charge in [-0.1, -0.05) is 32.6 Å². The van der Waals surface area contributed by atoms with Crippen LogP contribution in [-0.2, 0) is 19.1 Å². The van der Waals surface area contributed by atoms with Crippen LogP contribution in [0.15, 0.2) is 24.3 Å². The first-order valence-corrected chi connectivity index (χ1v) is 14.1. The van der Waals surface area contributed by atoms with E-state index in [-0.39, 0.29) is 36.2 Å². The Morgan fingerprint density at radius 3 is 2.46 bits per heavy atom. The molecule has 0 spiro atoms. The second-order valence-corrected chi connectivity index (χ2v) is 11.2. The smallest absolute Gasteiger partial charge is 0.251 e. The van der Waals surface area contributed by atoms with E-state index in [0.717, 1.165) is 50.4 Å². The number of ketones is 1. The van der Waals surface area contributed by atoms with Crippen LogP contribution in [0.4, 0.5) is 5.69 Å². The molecule has 0 radical (unpaired) electrons. The third kappa shape index (κ3) is 5.41. The highest BCUT2D eigenvalue weighted by atomic mass is 16.5. The van der Waals surface area contributed by atoms with Crippen LogP contribution in [-0.4, -0.2) is 80.1 Å². The van der Waals surface area contributed by atoms with Gasteiger partial charge in [0.2, 0.25) is 5.91 Å².